The Hall–Kier alpha value is -1.63. The van der Waals surface area contributed by atoms with Crippen LogP contribution >= 0.6 is 35.1 Å². The van der Waals surface area contributed by atoms with Crippen molar-refractivity contribution in [2.24, 2.45) is 0 Å². The number of aromatic nitrogens is 2. The van der Waals surface area contributed by atoms with Gasteiger partial charge in [-0.15, -0.1) is 11.8 Å². The van der Waals surface area contributed by atoms with E-state index in [1.54, 1.807) is 24.0 Å². The summed E-state index contributed by atoms with van der Waals surface area (Å²) in [6, 6.07) is 5.51. The maximum Gasteiger partial charge on any atom is 0.198 e. The van der Waals surface area contributed by atoms with Gasteiger partial charge in [0.25, 0.3) is 0 Å². The van der Waals surface area contributed by atoms with Gasteiger partial charge >= 0.3 is 0 Å². The number of nitrogens with zero attached hydrogens (tertiary/aromatic N) is 2. The zero-order valence-electron chi connectivity index (χ0n) is 14.8. The summed E-state index contributed by atoms with van der Waals surface area (Å²) in [6.07, 6.45) is 4.34. The van der Waals surface area contributed by atoms with Gasteiger partial charge in [0, 0.05) is 39.4 Å². The van der Waals surface area contributed by atoms with Crippen molar-refractivity contribution in [3.05, 3.63) is 56.7 Å². The fourth-order valence-electron chi connectivity index (χ4n) is 3.30. The van der Waals surface area contributed by atoms with Crippen LogP contribution in [0.5, 0.6) is 0 Å². The maximum absolute atomic E-state index is 13.3. The van der Waals surface area contributed by atoms with Crippen molar-refractivity contribution in [2.75, 3.05) is 5.75 Å². The summed E-state index contributed by atoms with van der Waals surface area (Å²) in [5.41, 5.74) is 2.55. The van der Waals surface area contributed by atoms with Crippen LogP contribution in [0.15, 0.2) is 44.9 Å². The second kappa shape index (κ2) is 7.78. The first-order valence-electron chi connectivity index (χ1n) is 8.77. The molecule has 4 nitrogen and oxygen atoms in total. The highest BCUT2D eigenvalue weighted by Gasteiger charge is 2.30. The number of carbonyl (C=O) groups excluding carboxylic acids is 2. The fraction of sp³-hybridized carbons (Fsp3) is 0.300. The van der Waals surface area contributed by atoms with Crippen LogP contribution in [0.2, 0.25) is 5.02 Å². The molecule has 1 aliphatic heterocycles. The predicted molar refractivity (Wildman–Crippen MR) is 109 cm³/mol. The third kappa shape index (κ3) is 3.71. The van der Waals surface area contributed by atoms with Gasteiger partial charge in [0.2, 0.25) is 0 Å². The van der Waals surface area contributed by atoms with E-state index >= 15 is 0 Å². The van der Waals surface area contributed by atoms with E-state index < -0.39 is 0 Å². The SMILES string of the molecule is Cc1ccnc(SC2=C(C(=O)c3ccc4c(c3Cl)CCS4)C(=O)CCC2)n1. The summed E-state index contributed by atoms with van der Waals surface area (Å²) < 4.78 is 0. The molecular formula is C20H17ClN2O2S2. The first-order chi connectivity index (χ1) is 13.0. The molecule has 0 fully saturated rings. The Labute approximate surface area is 171 Å². The zero-order valence-corrected chi connectivity index (χ0v) is 17.1. The van der Waals surface area contributed by atoms with Crippen molar-refractivity contribution in [1.29, 1.82) is 0 Å². The number of carbonyl (C=O) groups is 2. The number of thioether (sulfide) groups is 2. The van der Waals surface area contributed by atoms with Gasteiger partial charge in [-0.3, -0.25) is 9.59 Å². The Morgan fingerprint density at radius 1 is 1.22 bits per heavy atom. The van der Waals surface area contributed by atoms with Gasteiger partial charge in [-0.25, -0.2) is 9.97 Å². The smallest absolute Gasteiger partial charge is 0.198 e. The first-order valence-corrected chi connectivity index (χ1v) is 11.0. The van der Waals surface area contributed by atoms with Crippen molar-refractivity contribution in [1.82, 2.24) is 9.97 Å². The van der Waals surface area contributed by atoms with Crippen LogP contribution in [0.25, 0.3) is 0 Å². The molecule has 0 atom stereocenters. The van der Waals surface area contributed by atoms with Crippen molar-refractivity contribution < 1.29 is 9.59 Å². The van der Waals surface area contributed by atoms with Crippen LogP contribution < -0.4 is 0 Å². The standard InChI is InChI=1S/C20H17ClN2O2S2/c1-11-7-9-22-20(23-11)27-16-4-2-3-14(24)17(16)19(25)13-5-6-15-12(18(13)21)8-10-26-15/h5-7,9H,2-4,8,10H2,1H3. The van der Waals surface area contributed by atoms with Crippen LogP contribution in [0.1, 0.15) is 40.9 Å². The van der Waals surface area contributed by atoms with Gasteiger partial charge in [-0.1, -0.05) is 23.4 Å². The number of hydrogen-bond acceptors (Lipinski definition) is 6. The number of ketones is 2. The molecule has 0 N–H and O–H groups in total. The molecule has 1 aromatic heterocycles. The Bertz CT molecular complexity index is 988. The summed E-state index contributed by atoms with van der Waals surface area (Å²) in [6.45, 7) is 1.89. The van der Waals surface area contributed by atoms with E-state index in [2.05, 4.69) is 9.97 Å². The molecule has 2 heterocycles. The van der Waals surface area contributed by atoms with Crippen molar-refractivity contribution in [2.45, 2.75) is 42.7 Å². The van der Waals surface area contributed by atoms with E-state index in [9.17, 15) is 9.59 Å². The summed E-state index contributed by atoms with van der Waals surface area (Å²) in [4.78, 5) is 36.4. The first kappa shape index (κ1) is 18.7. The Kier molecular flexibility index (Phi) is 5.39. The van der Waals surface area contributed by atoms with Crippen molar-refractivity contribution in [3.8, 4) is 0 Å². The minimum atomic E-state index is -0.278. The number of rotatable bonds is 4. The summed E-state index contributed by atoms with van der Waals surface area (Å²) in [7, 11) is 0. The lowest BCUT2D eigenvalue weighted by atomic mass is 9.91. The third-order valence-corrected chi connectivity index (χ3v) is 7.20. The Morgan fingerprint density at radius 2 is 2.07 bits per heavy atom. The predicted octanol–water partition coefficient (Wildman–Crippen LogP) is 5.07. The topological polar surface area (TPSA) is 59.9 Å². The number of allylic oxidation sites excluding steroid dienone is 2. The monoisotopic (exact) mass is 416 g/mol. The highest BCUT2D eigenvalue weighted by atomic mass is 35.5. The van der Waals surface area contributed by atoms with Gasteiger partial charge in [0.05, 0.1) is 10.6 Å². The molecule has 2 aliphatic rings. The number of fused-ring (bicyclic) bond motifs is 1. The van der Waals surface area contributed by atoms with Crippen LogP contribution in [-0.4, -0.2) is 27.3 Å². The molecule has 0 unspecified atom stereocenters. The van der Waals surface area contributed by atoms with E-state index in [0.717, 1.165) is 39.7 Å². The van der Waals surface area contributed by atoms with E-state index in [0.29, 0.717) is 28.6 Å². The zero-order chi connectivity index (χ0) is 19.0. The molecule has 2 aromatic rings. The van der Waals surface area contributed by atoms with Gasteiger partial charge in [-0.2, -0.15) is 0 Å². The highest BCUT2D eigenvalue weighted by molar-refractivity contribution is 8.03. The molecule has 0 saturated carbocycles. The second-order valence-electron chi connectivity index (χ2n) is 6.49. The van der Waals surface area contributed by atoms with Crippen molar-refractivity contribution in [3.63, 3.8) is 0 Å². The lowest BCUT2D eigenvalue weighted by Crippen LogP contribution is -2.19. The lowest BCUT2D eigenvalue weighted by molar-refractivity contribution is -0.115. The van der Waals surface area contributed by atoms with E-state index in [1.165, 1.54) is 11.8 Å². The van der Waals surface area contributed by atoms with Crippen LogP contribution in [0.4, 0.5) is 0 Å². The fourth-order valence-corrected chi connectivity index (χ4v) is 5.85. The van der Waals surface area contributed by atoms with E-state index in [-0.39, 0.29) is 17.1 Å². The molecule has 4 rings (SSSR count). The molecule has 7 heteroatoms. The van der Waals surface area contributed by atoms with Gasteiger partial charge in [-0.05, 0) is 49.9 Å². The summed E-state index contributed by atoms with van der Waals surface area (Å²) in [5, 5.41) is 1.05. The van der Waals surface area contributed by atoms with Gasteiger partial charge in [0.15, 0.2) is 16.7 Å². The van der Waals surface area contributed by atoms with E-state index in [4.69, 9.17) is 11.6 Å². The molecular weight excluding hydrogens is 400 g/mol. The Balaban J connectivity index is 1.75. The van der Waals surface area contributed by atoms with Crippen LogP contribution in [0.3, 0.4) is 0 Å². The van der Waals surface area contributed by atoms with Crippen molar-refractivity contribution >= 4 is 46.7 Å². The number of hydrogen-bond donors (Lipinski definition) is 0. The maximum atomic E-state index is 13.3. The number of benzene rings is 1. The molecule has 1 aliphatic carbocycles. The molecule has 0 saturated heterocycles. The van der Waals surface area contributed by atoms with Crippen LogP contribution in [0, 0.1) is 6.92 Å². The molecule has 138 valence electrons. The quantitative estimate of drug-likeness (QED) is 0.394. The minimum absolute atomic E-state index is 0.118. The number of aryl methyl sites for hydroxylation is 1. The molecule has 0 bridgehead atoms. The summed E-state index contributed by atoms with van der Waals surface area (Å²) >= 11 is 9.61. The molecule has 0 amide bonds. The second-order valence-corrected chi connectivity index (χ2v) is 9.07. The lowest BCUT2D eigenvalue weighted by Gasteiger charge is -2.18. The summed E-state index contributed by atoms with van der Waals surface area (Å²) in [5.74, 6) is 0.576. The molecule has 0 spiro atoms. The Morgan fingerprint density at radius 3 is 2.89 bits per heavy atom. The molecule has 1 aromatic carbocycles. The van der Waals surface area contributed by atoms with Gasteiger partial charge < -0.3 is 0 Å². The number of halogens is 1. The average Bonchev–Trinajstić information content (AvgIpc) is 3.11. The normalized spacial score (nSPS) is 16.6. The molecule has 0 radical (unpaired) electrons. The molecule has 27 heavy (non-hydrogen) atoms. The number of Topliss-reactive ketones (excluding diaryl/α,β-unsaturated/α-hetero) is 2. The highest BCUT2D eigenvalue weighted by Crippen LogP contribution is 2.40. The largest absolute Gasteiger partial charge is 0.294 e. The third-order valence-electron chi connectivity index (χ3n) is 4.63. The average molecular weight is 417 g/mol. The van der Waals surface area contributed by atoms with Crippen LogP contribution in [-0.2, 0) is 11.2 Å². The minimum Gasteiger partial charge on any atom is -0.294 e. The van der Waals surface area contributed by atoms with E-state index in [1.807, 2.05) is 19.1 Å². The van der Waals surface area contributed by atoms with Gasteiger partial charge in [0.1, 0.15) is 0 Å².